The fourth-order valence-corrected chi connectivity index (χ4v) is 1.97. The predicted molar refractivity (Wildman–Crippen MR) is 66.4 cm³/mol. The minimum atomic E-state index is 0.290. The summed E-state index contributed by atoms with van der Waals surface area (Å²) < 4.78 is 2.26. The van der Waals surface area contributed by atoms with Gasteiger partial charge in [-0.05, 0) is 30.4 Å². The Morgan fingerprint density at radius 3 is 2.87 bits per heavy atom. The van der Waals surface area contributed by atoms with Crippen molar-refractivity contribution in [3.63, 3.8) is 0 Å². The first-order valence-electron chi connectivity index (χ1n) is 5.48. The molecule has 0 aliphatic carbocycles. The van der Waals surface area contributed by atoms with E-state index >= 15 is 0 Å². The van der Waals surface area contributed by atoms with E-state index in [9.17, 15) is 0 Å². The number of benzene rings is 1. The number of hydrogen-bond acceptors (Lipinski definition) is 1. The quantitative estimate of drug-likeness (QED) is 0.570. The van der Waals surface area contributed by atoms with Gasteiger partial charge >= 0.3 is 0 Å². The summed E-state index contributed by atoms with van der Waals surface area (Å²) in [4.78, 5) is 0. The summed E-state index contributed by atoms with van der Waals surface area (Å²) in [5, 5.41) is 10.1. The van der Waals surface area contributed by atoms with Crippen molar-refractivity contribution in [2.45, 2.75) is 19.4 Å². The maximum absolute atomic E-state index is 8.74. The fraction of sp³-hybridized carbons (Fsp3) is 0.333. The van der Waals surface area contributed by atoms with E-state index < -0.39 is 0 Å². The van der Waals surface area contributed by atoms with Crippen LogP contribution in [0, 0.1) is 0 Å². The molecule has 0 aliphatic heterocycles. The molecule has 1 N–H and O–H groups in total. The van der Waals surface area contributed by atoms with Crippen LogP contribution < -0.4 is 5.46 Å². The van der Waals surface area contributed by atoms with Crippen molar-refractivity contribution in [2.24, 2.45) is 0 Å². The molecule has 0 aliphatic rings. The number of nitrogens with zero attached hydrogens (tertiary/aromatic N) is 1. The zero-order valence-corrected chi connectivity index (χ0v) is 9.11. The molecule has 0 radical (unpaired) electrons. The minimum Gasteiger partial charge on any atom is -0.396 e. The minimum absolute atomic E-state index is 0.290. The molecular formula is C12H16BNO. The zero-order chi connectivity index (χ0) is 10.7. The molecule has 2 rings (SSSR count). The van der Waals surface area contributed by atoms with Crippen LogP contribution in [0.3, 0.4) is 0 Å². The monoisotopic (exact) mass is 201 g/mol. The number of aliphatic hydroxyl groups is 1. The second-order valence-electron chi connectivity index (χ2n) is 3.95. The maximum Gasteiger partial charge on any atom is 0.140 e. The van der Waals surface area contributed by atoms with Crippen molar-refractivity contribution >= 4 is 24.2 Å². The van der Waals surface area contributed by atoms with Crippen LogP contribution in [0.4, 0.5) is 0 Å². The van der Waals surface area contributed by atoms with Crippen molar-refractivity contribution in [3.05, 3.63) is 30.5 Å². The summed E-state index contributed by atoms with van der Waals surface area (Å²) in [5.41, 5.74) is 2.63. The second-order valence-corrected chi connectivity index (χ2v) is 3.95. The Labute approximate surface area is 90.9 Å². The molecule has 0 bridgehead atoms. The molecular weight excluding hydrogens is 185 g/mol. The lowest BCUT2D eigenvalue weighted by molar-refractivity contribution is 0.281. The van der Waals surface area contributed by atoms with Gasteiger partial charge in [0.2, 0.25) is 0 Å². The number of aryl methyl sites for hydroxylation is 1. The number of hydrogen-bond donors (Lipinski definition) is 1. The number of rotatable bonds is 4. The van der Waals surface area contributed by atoms with Crippen LogP contribution in [0.1, 0.15) is 12.8 Å². The van der Waals surface area contributed by atoms with Crippen LogP contribution in [0.5, 0.6) is 0 Å². The SMILES string of the molecule is Bc1cccc2c1ccn2CCCCO. The van der Waals surface area contributed by atoms with Gasteiger partial charge in [-0.15, -0.1) is 0 Å². The molecule has 2 aromatic rings. The van der Waals surface area contributed by atoms with Gasteiger partial charge in [0, 0.05) is 24.9 Å². The molecule has 0 fully saturated rings. The number of fused-ring (bicyclic) bond motifs is 1. The first kappa shape index (κ1) is 10.3. The molecule has 78 valence electrons. The molecule has 0 atom stereocenters. The Balaban J connectivity index is 2.25. The van der Waals surface area contributed by atoms with Crippen LogP contribution >= 0.6 is 0 Å². The molecule has 1 aromatic carbocycles. The molecule has 0 saturated heterocycles. The van der Waals surface area contributed by atoms with E-state index in [0.29, 0.717) is 0 Å². The summed E-state index contributed by atoms with van der Waals surface area (Å²) in [6.45, 7) is 1.28. The lowest BCUT2D eigenvalue weighted by atomic mass is 9.93. The highest BCUT2D eigenvalue weighted by Crippen LogP contribution is 2.13. The lowest BCUT2D eigenvalue weighted by Crippen LogP contribution is -2.03. The van der Waals surface area contributed by atoms with Crippen molar-refractivity contribution in [3.8, 4) is 0 Å². The van der Waals surface area contributed by atoms with Gasteiger partial charge in [0.1, 0.15) is 7.85 Å². The van der Waals surface area contributed by atoms with Crippen molar-refractivity contribution in [2.75, 3.05) is 6.61 Å². The molecule has 3 heteroatoms. The van der Waals surface area contributed by atoms with E-state index in [-0.39, 0.29) is 6.61 Å². The molecule has 0 unspecified atom stereocenters. The molecule has 2 nitrogen and oxygen atoms in total. The average molecular weight is 201 g/mol. The molecule has 0 amide bonds. The fourth-order valence-electron chi connectivity index (χ4n) is 1.97. The Hall–Kier alpha value is -1.22. The highest BCUT2D eigenvalue weighted by Gasteiger charge is 2.01. The topological polar surface area (TPSA) is 25.2 Å². The second kappa shape index (κ2) is 4.54. The van der Waals surface area contributed by atoms with Gasteiger partial charge in [0.15, 0.2) is 0 Å². The van der Waals surface area contributed by atoms with E-state index in [1.54, 1.807) is 0 Å². The van der Waals surface area contributed by atoms with Gasteiger partial charge in [0.25, 0.3) is 0 Å². The zero-order valence-electron chi connectivity index (χ0n) is 9.11. The largest absolute Gasteiger partial charge is 0.396 e. The molecule has 15 heavy (non-hydrogen) atoms. The van der Waals surface area contributed by atoms with E-state index in [1.165, 1.54) is 16.4 Å². The molecule has 1 aromatic heterocycles. The normalized spacial score (nSPS) is 11.0. The van der Waals surface area contributed by atoms with Crippen LogP contribution in [-0.4, -0.2) is 24.1 Å². The first-order valence-corrected chi connectivity index (χ1v) is 5.48. The summed E-state index contributed by atoms with van der Waals surface area (Å²) in [6, 6.07) is 8.56. The van der Waals surface area contributed by atoms with E-state index in [2.05, 4.69) is 42.9 Å². The van der Waals surface area contributed by atoms with Crippen LogP contribution in [0.15, 0.2) is 30.5 Å². The Kier molecular flexibility index (Phi) is 3.12. The highest BCUT2D eigenvalue weighted by molar-refractivity contribution is 6.38. The van der Waals surface area contributed by atoms with Gasteiger partial charge in [-0.2, -0.15) is 0 Å². The molecule has 0 saturated carbocycles. The number of unbranched alkanes of at least 4 members (excludes halogenated alkanes) is 1. The Morgan fingerprint density at radius 2 is 2.07 bits per heavy atom. The number of aromatic nitrogens is 1. The van der Waals surface area contributed by atoms with Gasteiger partial charge < -0.3 is 9.67 Å². The smallest absolute Gasteiger partial charge is 0.140 e. The van der Waals surface area contributed by atoms with Gasteiger partial charge in [-0.25, -0.2) is 0 Å². The maximum atomic E-state index is 8.74. The van der Waals surface area contributed by atoms with E-state index in [4.69, 9.17) is 5.11 Å². The Bertz CT molecular complexity index is 450. The van der Waals surface area contributed by atoms with Crippen molar-refractivity contribution in [1.82, 2.24) is 4.57 Å². The third-order valence-corrected chi connectivity index (χ3v) is 2.84. The van der Waals surface area contributed by atoms with Crippen molar-refractivity contribution in [1.29, 1.82) is 0 Å². The summed E-state index contributed by atoms with van der Waals surface area (Å²) in [5.74, 6) is 0. The van der Waals surface area contributed by atoms with E-state index in [1.807, 2.05) is 0 Å². The first-order chi connectivity index (χ1) is 7.33. The highest BCUT2D eigenvalue weighted by atomic mass is 16.2. The third-order valence-electron chi connectivity index (χ3n) is 2.84. The molecule has 1 heterocycles. The Morgan fingerprint density at radius 1 is 1.20 bits per heavy atom. The number of aliphatic hydroxyl groups excluding tert-OH is 1. The summed E-state index contributed by atoms with van der Waals surface area (Å²) >= 11 is 0. The van der Waals surface area contributed by atoms with Crippen molar-refractivity contribution < 1.29 is 5.11 Å². The van der Waals surface area contributed by atoms with Gasteiger partial charge in [0.05, 0.1) is 0 Å². The summed E-state index contributed by atoms with van der Waals surface area (Å²) in [7, 11) is 2.14. The summed E-state index contributed by atoms with van der Waals surface area (Å²) in [6.07, 6.45) is 4.05. The molecule has 0 spiro atoms. The average Bonchev–Trinajstić information content (AvgIpc) is 2.64. The predicted octanol–water partition coefficient (Wildman–Crippen LogP) is 0.672. The van der Waals surface area contributed by atoms with Crippen LogP contribution in [0.2, 0.25) is 0 Å². The van der Waals surface area contributed by atoms with Gasteiger partial charge in [-0.1, -0.05) is 17.6 Å². The standard InChI is InChI=1S/C12H16BNO/c13-11-4-3-5-12-10(11)6-8-14(12)7-1-2-9-15/h3-6,8,15H,1-2,7,9,13H2. The third kappa shape index (κ3) is 2.07. The van der Waals surface area contributed by atoms with Gasteiger partial charge in [-0.3, -0.25) is 0 Å². The van der Waals surface area contributed by atoms with Crippen LogP contribution in [0.25, 0.3) is 10.9 Å². The van der Waals surface area contributed by atoms with E-state index in [0.717, 1.165) is 19.4 Å². The lowest BCUT2D eigenvalue weighted by Gasteiger charge is -2.05. The van der Waals surface area contributed by atoms with Crippen LogP contribution in [-0.2, 0) is 6.54 Å².